The Morgan fingerprint density at radius 1 is 1.25 bits per heavy atom. The quantitative estimate of drug-likeness (QED) is 0.367. The van der Waals surface area contributed by atoms with Gasteiger partial charge >= 0.3 is 0 Å². The Morgan fingerprint density at radius 2 is 1.25 bits per heavy atom. The van der Waals surface area contributed by atoms with Crippen molar-refractivity contribution >= 4 is 30.3 Å². The highest BCUT2D eigenvalue weighted by atomic mass is 35.7. The van der Waals surface area contributed by atoms with E-state index in [9.17, 15) is 0 Å². The molecule has 0 aromatic heterocycles. The van der Waals surface area contributed by atoms with Gasteiger partial charge in [-0.05, 0) is 0 Å². The predicted octanol–water partition coefficient (Wildman–Crippen LogP) is 0.625. The van der Waals surface area contributed by atoms with Crippen molar-refractivity contribution in [2.75, 3.05) is 0 Å². The maximum absolute atomic E-state index is 4.90. The fraction of sp³-hybridized carbons (Fsp3) is 0. The summed E-state index contributed by atoms with van der Waals surface area (Å²) in [6, 6.07) is 0. The van der Waals surface area contributed by atoms with Crippen LogP contribution in [0, 0.1) is 0 Å². The number of halogens is 2. The second-order valence-electron chi connectivity index (χ2n) is 0.101. The summed E-state index contributed by atoms with van der Waals surface area (Å²) in [4.78, 5) is 0. The highest BCUT2D eigenvalue weighted by molar-refractivity contribution is 7.22. The second kappa shape index (κ2) is 9.25. The molecule has 4 heavy (non-hydrogen) atoms. The monoisotopic (exact) mass is 117 g/mol. The van der Waals surface area contributed by atoms with Gasteiger partial charge in [0.2, 0.25) is 8.14 Å². The molecule has 28 valence electrons. The minimum absolute atomic E-state index is 0. The molecule has 0 bridgehead atoms. The Labute approximate surface area is 37.1 Å². The first-order valence-electron chi connectivity index (χ1n) is 0.535. The molecule has 0 amide bonds. The molecule has 4 heteroatoms. The minimum Gasteiger partial charge on any atom is -0.344 e. The maximum Gasteiger partial charge on any atom is 0.222 e. The summed E-state index contributed by atoms with van der Waals surface area (Å²) >= 11 is 9.81. The molecule has 0 heterocycles. The zero-order valence-electron chi connectivity index (χ0n) is 2.17. The van der Waals surface area contributed by atoms with E-state index < -0.39 is 8.14 Å². The van der Waals surface area contributed by atoms with Gasteiger partial charge in [0.15, 0.2) is 0 Å². The normalized spacial score (nSPS) is 4.50. The fourth-order valence-electron chi connectivity index (χ4n) is 0. The molecular formula is H5Cl2NSi. The Balaban J connectivity index is 0. The van der Waals surface area contributed by atoms with Gasteiger partial charge in [0, 0.05) is 0 Å². The first-order valence-corrected chi connectivity index (χ1v) is 4.81. The Morgan fingerprint density at radius 3 is 1.25 bits per heavy atom. The van der Waals surface area contributed by atoms with Crippen LogP contribution in [0.15, 0.2) is 0 Å². The molecule has 0 radical (unpaired) electrons. The van der Waals surface area contributed by atoms with Crippen LogP contribution in [0.3, 0.4) is 0 Å². The maximum atomic E-state index is 4.90. The van der Waals surface area contributed by atoms with E-state index in [1.54, 1.807) is 0 Å². The van der Waals surface area contributed by atoms with Crippen molar-refractivity contribution in [3.05, 3.63) is 0 Å². The van der Waals surface area contributed by atoms with Crippen molar-refractivity contribution in [1.82, 2.24) is 6.15 Å². The van der Waals surface area contributed by atoms with Gasteiger partial charge in [-0.2, -0.15) is 22.2 Å². The first kappa shape index (κ1) is 8.83. The largest absolute Gasteiger partial charge is 0.344 e. The summed E-state index contributed by atoms with van der Waals surface area (Å²) in [5, 5.41) is 0. The van der Waals surface area contributed by atoms with Crippen LogP contribution < -0.4 is 6.15 Å². The number of rotatable bonds is 0. The lowest BCUT2D eigenvalue weighted by Gasteiger charge is -1.39. The summed E-state index contributed by atoms with van der Waals surface area (Å²) in [7, 11) is -0.639. The average Bonchev–Trinajstić information content (AvgIpc) is 0.918. The van der Waals surface area contributed by atoms with E-state index in [2.05, 4.69) is 0 Å². The smallest absolute Gasteiger partial charge is 0.222 e. The standard InChI is InChI=1S/Cl2H2Si.H3N/c1-3-2;/h3H2;1H3. The number of hydrogen-bond donors (Lipinski definition) is 1. The van der Waals surface area contributed by atoms with Gasteiger partial charge in [-0.15, -0.1) is 0 Å². The lowest BCUT2D eigenvalue weighted by atomic mass is 14.0. The van der Waals surface area contributed by atoms with E-state index in [1.165, 1.54) is 0 Å². The second-order valence-corrected chi connectivity index (χ2v) is 2.73. The van der Waals surface area contributed by atoms with Gasteiger partial charge in [-0.3, -0.25) is 0 Å². The van der Waals surface area contributed by atoms with Crippen molar-refractivity contribution in [2.24, 2.45) is 0 Å². The van der Waals surface area contributed by atoms with Gasteiger partial charge in [-0.25, -0.2) is 0 Å². The molecule has 0 fully saturated rings. The third-order valence-corrected chi connectivity index (χ3v) is 0. The van der Waals surface area contributed by atoms with Gasteiger partial charge in [0.25, 0.3) is 0 Å². The van der Waals surface area contributed by atoms with Crippen LogP contribution in [0.25, 0.3) is 0 Å². The van der Waals surface area contributed by atoms with E-state index in [0.717, 1.165) is 0 Å². The Hall–Kier alpha value is 0.757. The zero-order valence-corrected chi connectivity index (χ0v) is 5.10. The van der Waals surface area contributed by atoms with Crippen molar-refractivity contribution in [2.45, 2.75) is 0 Å². The molecule has 0 aliphatic carbocycles. The molecular weight excluding hydrogens is 113 g/mol. The third-order valence-electron chi connectivity index (χ3n) is 0. The van der Waals surface area contributed by atoms with Crippen LogP contribution in [0.1, 0.15) is 0 Å². The SMILES string of the molecule is Cl[SiH2]Cl.N. The van der Waals surface area contributed by atoms with E-state index >= 15 is 0 Å². The molecule has 0 saturated heterocycles. The van der Waals surface area contributed by atoms with Crippen molar-refractivity contribution < 1.29 is 0 Å². The summed E-state index contributed by atoms with van der Waals surface area (Å²) in [5.41, 5.74) is 0. The lowest BCUT2D eigenvalue weighted by Crippen LogP contribution is -1.36. The van der Waals surface area contributed by atoms with Gasteiger partial charge < -0.3 is 6.15 Å². The molecule has 0 aliphatic heterocycles. The molecule has 0 unspecified atom stereocenters. The topological polar surface area (TPSA) is 35.0 Å². The van der Waals surface area contributed by atoms with Crippen LogP contribution in [-0.2, 0) is 0 Å². The molecule has 0 aromatic rings. The van der Waals surface area contributed by atoms with E-state index in [0.29, 0.717) is 0 Å². The molecule has 0 atom stereocenters. The van der Waals surface area contributed by atoms with E-state index in [1.807, 2.05) is 0 Å². The summed E-state index contributed by atoms with van der Waals surface area (Å²) in [5.74, 6) is 0. The molecule has 0 saturated carbocycles. The average molecular weight is 118 g/mol. The molecule has 1 nitrogen and oxygen atoms in total. The first-order chi connectivity index (χ1) is 1.41. The van der Waals surface area contributed by atoms with E-state index in [4.69, 9.17) is 22.2 Å². The van der Waals surface area contributed by atoms with Crippen molar-refractivity contribution in [3.8, 4) is 0 Å². The van der Waals surface area contributed by atoms with Crippen LogP contribution in [0.2, 0.25) is 0 Å². The third kappa shape index (κ3) is 14.9. The molecule has 0 aliphatic rings. The fourth-order valence-corrected chi connectivity index (χ4v) is 0. The Bertz CT molecular complexity index is 6.00. The zero-order chi connectivity index (χ0) is 2.71. The van der Waals surface area contributed by atoms with Gasteiger partial charge in [0.1, 0.15) is 0 Å². The summed E-state index contributed by atoms with van der Waals surface area (Å²) in [6.07, 6.45) is 0. The minimum atomic E-state index is -0.639. The van der Waals surface area contributed by atoms with Crippen molar-refractivity contribution in [3.63, 3.8) is 0 Å². The van der Waals surface area contributed by atoms with Crippen molar-refractivity contribution in [1.29, 1.82) is 0 Å². The van der Waals surface area contributed by atoms with Crippen LogP contribution in [0.5, 0.6) is 0 Å². The Kier molecular flexibility index (Phi) is 20.4. The predicted molar refractivity (Wildman–Crippen MR) is 25.3 cm³/mol. The lowest BCUT2D eigenvalue weighted by molar-refractivity contribution is 2.13. The van der Waals surface area contributed by atoms with Gasteiger partial charge in [0.05, 0.1) is 0 Å². The van der Waals surface area contributed by atoms with E-state index in [-0.39, 0.29) is 6.15 Å². The molecule has 0 aromatic carbocycles. The highest BCUT2D eigenvalue weighted by Crippen LogP contribution is 1.67. The van der Waals surface area contributed by atoms with Crippen LogP contribution in [0.4, 0.5) is 0 Å². The molecule has 0 spiro atoms. The summed E-state index contributed by atoms with van der Waals surface area (Å²) in [6.45, 7) is 0. The van der Waals surface area contributed by atoms with Crippen LogP contribution in [-0.4, -0.2) is 8.14 Å². The van der Waals surface area contributed by atoms with Gasteiger partial charge in [-0.1, -0.05) is 0 Å². The molecule has 0 rings (SSSR count). The van der Waals surface area contributed by atoms with Crippen LogP contribution >= 0.6 is 22.2 Å². The number of hydrogen-bond acceptors (Lipinski definition) is 1. The summed E-state index contributed by atoms with van der Waals surface area (Å²) < 4.78 is 0. The molecule has 3 N–H and O–H groups in total. The highest BCUT2D eigenvalue weighted by Gasteiger charge is 1.46.